The van der Waals surface area contributed by atoms with Crippen LogP contribution in [0, 0.1) is 18.2 Å². The molecular weight excluding hydrogens is 182 g/mol. The van der Waals surface area contributed by atoms with Crippen LogP contribution in [0.5, 0.6) is 5.75 Å². The molecule has 0 fully saturated rings. The highest BCUT2D eigenvalue weighted by molar-refractivity contribution is 6.35. The average molecular weight is 188 g/mol. The lowest BCUT2D eigenvalue weighted by Gasteiger charge is -2.09. The van der Waals surface area contributed by atoms with Gasteiger partial charge in [0.15, 0.2) is 0 Å². The molecule has 2 nitrogen and oxygen atoms in total. The van der Waals surface area contributed by atoms with Crippen molar-refractivity contribution in [2.45, 2.75) is 0 Å². The lowest BCUT2D eigenvalue weighted by Crippen LogP contribution is -2.14. The molecule has 0 aliphatic carbocycles. The first kappa shape index (κ1) is 10.3. The Morgan fingerprint density at radius 2 is 2.29 bits per heavy atom. The molecule has 0 spiro atoms. The fourth-order valence-corrected chi connectivity index (χ4v) is 1.08. The number of benzene rings is 1. The Bertz CT molecular complexity index is 421. The van der Waals surface area contributed by atoms with Crippen LogP contribution in [0.1, 0.15) is 10.4 Å². The van der Waals surface area contributed by atoms with Gasteiger partial charge in [-0.15, -0.1) is 6.42 Å². The second-order valence-electron chi connectivity index (χ2n) is 2.52. The molecule has 1 rings (SSSR count). The highest BCUT2D eigenvalue weighted by Crippen LogP contribution is 2.18. The van der Waals surface area contributed by atoms with Crippen molar-refractivity contribution in [1.82, 2.24) is 0 Å². The van der Waals surface area contributed by atoms with Gasteiger partial charge in [0, 0.05) is 0 Å². The van der Waals surface area contributed by atoms with Crippen molar-refractivity contribution in [3.8, 4) is 18.1 Å². The predicted octanol–water partition coefficient (Wildman–Crippen LogP) is 0.444. The fourth-order valence-electron chi connectivity index (χ4n) is 1.08. The van der Waals surface area contributed by atoms with Crippen LogP contribution in [0.4, 0.5) is 4.39 Å². The second-order valence-corrected chi connectivity index (χ2v) is 2.52. The zero-order valence-electron chi connectivity index (χ0n) is 7.50. The topological polar surface area (TPSA) is 26.3 Å². The number of ketones is 1. The Morgan fingerprint density at radius 1 is 1.64 bits per heavy atom. The number of ether oxygens (including phenoxy) is 1. The molecule has 0 unspecified atom stereocenters. The van der Waals surface area contributed by atoms with Gasteiger partial charge in [0.05, 0.1) is 7.11 Å². The first-order valence-electron chi connectivity index (χ1n) is 3.74. The lowest BCUT2D eigenvalue weighted by molar-refractivity contribution is 0.105. The Labute approximate surface area is 82.5 Å². The molecule has 1 aromatic rings. The molecular formula is C10H6BFO2. The number of hydrogen-bond acceptors (Lipinski definition) is 2. The summed E-state index contributed by atoms with van der Waals surface area (Å²) < 4.78 is 18.0. The van der Waals surface area contributed by atoms with Crippen LogP contribution in [-0.4, -0.2) is 20.7 Å². The van der Waals surface area contributed by atoms with Crippen molar-refractivity contribution in [1.29, 1.82) is 0 Å². The van der Waals surface area contributed by atoms with E-state index >= 15 is 0 Å². The molecule has 0 aliphatic heterocycles. The van der Waals surface area contributed by atoms with Crippen LogP contribution in [-0.2, 0) is 0 Å². The standard InChI is InChI=1S/C10H6BFO2/c1-3-8(13)9-7(12)5-4-6(11)10(9)14-2/h1,4-5H,2H3. The van der Waals surface area contributed by atoms with Gasteiger partial charge in [-0.25, -0.2) is 4.39 Å². The monoisotopic (exact) mass is 188 g/mol. The minimum atomic E-state index is -0.786. The van der Waals surface area contributed by atoms with Gasteiger partial charge in [-0.2, -0.15) is 0 Å². The number of hydrogen-bond donors (Lipinski definition) is 0. The molecule has 0 aromatic heterocycles. The summed E-state index contributed by atoms with van der Waals surface area (Å²) in [7, 11) is 6.77. The molecule has 2 radical (unpaired) electrons. The minimum absolute atomic E-state index is 0.0204. The number of carbonyl (C=O) groups is 1. The third-order valence-electron chi connectivity index (χ3n) is 1.70. The number of carbonyl (C=O) groups excluding carboxylic acids is 1. The average Bonchev–Trinajstić information content (AvgIpc) is 2.19. The molecule has 0 heterocycles. The van der Waals surface area contributed by atoms with Crippen molar-refractivity contribution in [2.75, 3.05) is 7.11 Å². The molecule has 0 saturated carbocycles. The first-order valence-corrected chi connectivity index (χ1v) is 3.74. The van der Waals surface area contributed by atoms with E-state index in [9.17, 15) is 9.18 Å². The number of terminal acetylenes is 1. The molecule has 0 saturated heterocycles. The third-order valence-corrected chi connectivity index (χ3v) is 1.70. The van der Waals surface area contributed by atoms with Crippen LogP contribution in [0.15, 0.2) is 12.1 Å². The summed E-state index contributed by atoms with van der Waals surface area (Å²) in [5, 5.41) is 0. The number of Topliss-reactive ketones (excluding diaryl/α,β-unsaturated/α-hetero) is 1. The molecule has 0 atom stereocenters. The minimum Gasteiger partial charge on any atom is -0.496 e. The smallest absolute Gasteiger partial charge is 0.242 e. The summed E-state index contributed by atoms with van der Waals surface area (Å²) >= 11 is 0. The molecule has 0 amide bonds. The van der Waals surface area contributed by atoms with E-state index in [4.69, 9.17) is 19.0 Å². The van der Waals surface area contributed by atoms with E-state index < -0.39 is 11.6 Å². The third kappa shape index (κ3) is 1.62. The van der Waals surface area contributed by atoms with Crippen LogP contribution in [0.2, 0.25) is 0 Å². The maximum atomic E-state index is 13.2. The van der Waals surface area contributed by atoms with Gasteiger partial charge in [0.2, 0.25) is 5.78 Å². The van der Waals surface area contributed by atoms with Gasteiger partial charge in [-0.05, 0) is 12.0 Å². The van der Waals surface area contributed by atoms with Crippen LogP contribution in [0.25, 0.3) is 0 Å². The Kier molecular flexibility index (Phi) is 2.93. The van der Waals surface area contributed by atoms with E-state index in [1.807, 2.05) is 5.92 Å². The van der Waals surface area contributed by atoms with E-state index in [0.717, 1.165) is 6.07 Å². The number of halogens is 1. The SMILES string of the molecule is [B]c1ccc(F)c(C(=O)C#C)c1OC. The quantitative estimate of drug-likeness (QED) is 0.291. The summed E-state index contributed by atoms with van der Waals surface area (Å²) in [4.78, 5) is 11.2. The Morgan fingerprint density at radius 3 is 2.79 bits per heavy atom. The van der Waals surface area contributed by atoms with Crippen molar-refractivity contribution in [3.05, 3.63) is 23.5 Å². The van der Waals surface area contributed by atoms with Gasteiger partial charge in [-0.1, -0.05) is 11.5 Å². The highest BCUT2D eigenvalue weighted by Gasteiger charge is 2.17. The van der Waals surface area contributed by atoms with Crippen LogP contribution >= 0.6 is 0 Å². The summed E-state index contributed by atoms with van der Waals surface area (Å²) in [5.74, 6) is 0.267. The summed E-state index contributed by atoms with van der Waals surface area (Å²) in [6, 6.07) is 2.38. The summed E-state index contributed by atoms with van der Waals surface area (Å²) in [5.41, 5.74) is -0.123. The predicted molar refractivity (Wildman–Crippen MR) is 51.5 cm³/mol. The normalized spacial score (nSPS) is 9.21. The zero-order chi connectivity index (χ0) is 10.7. The fraction of sp³-hybridized carbons (Fsp3) is 0.100. The van der Waals surface area contributed by atoms with Gasteiger partial charge < -0.3 is 4.74 Å². The van der Waals surface area contributed by atoms with Gasteiger partial charge in [0.1, 0.15) is 25.0 Å². The Hall–Kier alpha value is -1.76. The van der Waals surface area contributed by atoms with Crippen LogP contribution < -0.4 is 10.2 Å². The van der Waals surface area contributed by atoms with E-state index in [1.165, 1.54) is 13.2 Å². The summed E-state index contributed by atoms with van der Waals surface area (Å²) in [6.45, 7) is 0. The van der Waals surface area contributed by atoms with Crippen LogP contribution in [0.3, 0.4) is 0 Å². The molecule has 0 bridgehead atoms. The van der Waals surface area contributed by atoms with E-state index in [1.54, 1.807) is 0 Å². The maximum absolute atomic E-state index is 13.2. The molecule has 14 heavy (non-hydrogen) atoms. The lowest BCUT2D eigenvalue weighted by atomic mass is 9.91. The maximum Gasteiger partial charge on any atom is 0.242 e. The number of methoxy groups -OCH3 is 1. The summed E-state index contributed by atoms with van der Waals surface area (Å²) in [6.07, 6.45) is 4.88. The van der Waals surface area contributed by atoms with Crippen molar-refractivity contribution in [3.63, 3.8) is 0 Å². The van der Waals surface area contributed by atoms with Crippen molar-refractivity contribution < 1.29 is 13.9 Å². The molecule has 1 aromatic carbocycles. The van der Waals surface area contributed by atoms with Crippen molar-refractivity contribution >= 4 is 19.1 Å². The largest absolute Gasteiger partial charge is 0.496 e. The molecule has 68 valence electrons. The molecule has 0 N–H and O–H groups in total. The Balaban J connectivity index is 3.47. The van der Waals surface area contributed by atoms with Gasteiger partial charge >= 0.3 is 0 Å². The van der Waals surface area contributed by atoms with Crippen molar-refractivity contribution in [2.24, 2.45) is 0 Å². The van der Waals surface area contributed by atoms with E-state index in [2.05, 4.69) is 0 Å². The first-order chi connectivity index (χ1) is 6.61. The zero-order valence-corrected chi connectivity index (χ0v) is 7.50. The number of rotatable bonds is 2. The second kappa shape index (κ2) is 3.97. The molecule has 0 aliphatic rings. The van der Waals surface area contributed by atoms with E-state index in [0.29, 0.717) is 0 Å². The molecule has 4 heteroatoms. The van der Waals surface area contributed by atoms with Gasteiger partial charge in [0.25, 0.3) is 0 Å². The highest BCUT2D eigenvalue weighted by atomic mass is 19.1. The van der Waals surface area contributed by atoms with Gasteiger partial charge in [-0.3, -0.25) is 4.79 Å². The van der Waals surface area contributed by atoms with E-state index in [-0.39, 0.29) is 16.8 Å².